The molecule has 5 nitrogen and oxygen atoms in total. The van der Waals surface area contributed by atoms with Gasteiger partial charge in [0.15, 0.2) is 0 Å². The van der Waals surface area contributed by atoms with Gasteiger partial charge >= 0.3 is 0 Å². The minimum atomic E-state index is -3.63. The Morgan fingerprint density at radius 2 is 2.05 bits per heavy atom. The van der Waals surface area contributed by atoms with Gasteiger partial charge in [0.1, 0.15) is 4.90 Å². The summed E-state index contributed by atoms with van der Waals surface area (Å²) in [6.07, 6.45) is 2.11. The predicted molar refractivity (Wildman–Crippen MR) is 73.3 cm³/mol. The van der Waals surface area contributed by atoms with E-state index in [-0.39, 0.29) is 11.5 Å². The van der Waals surface area contributed by atoms with Crippen LogP contribution < -0.4 is 4.72 Å². The number of rotatable bonds is 5. The van der Waals surface area contributed by atoms with E-state index in [4.69, 9.17) is 5.11 Å². The molecule has 1 aromatic carbocycles. The molecule has 1 heterocycles. The predicted octanol–water partition coefficient (Wildman–Crippen LogP) is 1.87. The fourth-order valence-electron chi connectivity index (χ4n) is 1.80. The van der Waals surface area contributed by atoms with Gasteiger partial charge in [0.05, 0.1) is 12.3 Å². The number of sulfonamides is 1. The smallest absolute Gasteiger partial charge is 0.263 e. The second-order valence-electron chi connectivity index (χ2n) is 4.13. The number of nitrogens with one attached hydrogen (secondary N) is 2. The van der Waals surface area contributed by atoms with Crippen LogP contribution in [0.5, 0.6) is 0 Å². The number of hydrogen-bond acceptors (Lipinski definition) is 3. The number of anilines is 1. The standard InChI is InChI=1S/C13H16N2O3S/c1-2-10-5-3-4-6-13(10)15-19(17,18)12-7-11(9-16)14-8-12/h3-8,14-16H,2,9H2,1H3. The average molecular weight is 280 g/mol. The van der Waals surface area contributed by atoms with Crippen molar-refractivity contribution in [3.05, 3.63) is 47.8 Å². The molecule has 0 unspecified atom stereocenters. The van der Waals surface area contributed by atoms with Gasteiger partial charge in [-0.05, 0) is 24.1 Å². The normalized spacial score (nSPS) is 11.5. The number of H-pyrrole nitrogens is 1. The van der Waals surface area contributed by atoms with Crippen molar-refractivity contribution in [2.24, 2.45) is 0 Å². The van der Waals surface area contributed by atoms with Crippen LogP contribution in [0.4, 0.5) is 5.69 Å². The van der Waals surface area contributed by atoms with Gasteiger partial charge in [-0.2, -0.15) is 0 Å². The maximum Gasteiger partial charge on any atom is 0.263 e. The highest BCUT2D eigenvalue weighted by atomic mass is 32.2. The van der Waals surface area contributed by atoms with E-state index in [9.17, 15) is 8.42 Å². The molecule has 0 saturated heterocycles. The maximum absolute atomic E-state index is 12.2. The van der Waals surface area contributed by atoms with Crippen molar-refractivity contribution in [2.45, 2.75) is 24.8 Å². The Morgan fingerprint density at radius 3 is 2.68 bits per heavy atom. The van der Waals surface area contributed by atoms with E-state index in [1.807, 2.05) is 19.1 Å². The van der Waals surface area contributed by atoms with Gasteiger partial charge in [-0.15, -0.1) is 0 Å². The minimum absolute atomic E-state index is 0.113. The number of aromatic amines is 1. The highest BCUT2D eigenvalue weighted by Gasteiger charge is 2.17. The van der Waals surface area contributed by atoms with Crippen LogP contribution >= 0.6 is 0 Å². The molecule has 6 heteroatoms. The summed E-state index contributed by atoms with van der Waals surface area (Å²) in [6.45, 7) is 1.74. The largest absolute Gasteiger partial charge is 0.390 e. The lowest BCUT2D eigenvalue weighted by Gasteiger charge is -2.10. The van der Waals surface area contributed by atoms with E-state index in [1.54, 1.807) is 12.1 Å². The van der Waals surface area contributed by atoms with E-state index >= 15 is 0 Å². The fraction of sp³-hybridized carbons (Fsp3) is 0.231. The van der Waals surface area contributed by atoms with E-state index in [2.05, 4.69) is 9.71 Å². The first-order valence-corrected chi connectivity index (χ1v) is 7.44. The lowest BCUT2D eigenvalue weighted by Crippen LogP contribution is -2.13. The van der Waals surface area contributed by atoms with Gasteiger partial charge in [0.25, 0.3) is 10.0 Å². The van der Waals surface area contributed by atoms with Crippen molar-refractivity contribution in [3.8, 4) is 0 Å². The first-order chi connectivity index (χ1) is 9.06. The second-order valence-corrected chi connectivity index (χ2v) is 5.82. The van der Waals surface area contributed by atoms with Gasteiger partial charge in [-0.25, -0.2) is 8.42 Å². The summed E-state index contributed by atoms with van der Waals surface area (Å²) in [5, 5.41) is 8.94. The van der Waals surface area contributed by atoms with E-state index in [1.165, 1.54) is 12.3 Å². The molecule has 0 aliphatic heterocycles. The fourth-order valence-corrected chi connectivity index (χ4v) is 2.92. The summed E-state index contributed by atoms with van der Waals surface area (Å²) < 4.78 is 26.9. The van der Waals surface area contributed by atoms with Crippen LogP contribution in [0.2, 0.25) is 0 Å². The highest BCUT2D eigenvalue weighted by molar-refractivity contribution is 7.92. The third-order valence-electron chi connectivity index (χ3n) is 2.84. The Kier molecular flexibility index (Phi) is 3.92. The number of hydrogen-bond donors (Lipinski definition) is 3. The van der Waals surface area contributed by atoms with E-state index in [0.717, 1.165) is 12.0 Å². The van der Waals surface area contributed by atoms with Crippen molar-refractivity contribution >= 4 is 15.7 Å². The topological polar surface area (TPSA) is 82.2 Å². The Hall–Kier alpha value is -1.79. The zero-order chi connectivity index (χ0) is 13.9. The number of aliphatic hydroxyl groups is 1. The van der Waals surface area contributed by atoms with E-state index < -0.39 is 10.0 Å². The third-order valence-corrected chi connectivity index (χ3v) is 4.18. The van der Waals surface area contributed by atoms with Crippen LogP contribution in [0.15, 0.2) is 41.4 Å². The Labute approximate surface area is 112 Å². The number of benzene rings is 1. The zero-order valence-electron chi connectivity index (χ0n) is 10.6. The molecule has 1 aromatic heterocycles. The van der Waals surface area contributed by atoms with Gasteiger partial charge in [0.2, 0.25) is 0 Å². The van der Waals surface area contributed by atoms with Gasteiger partial charge < -0.3 is 10.1 Å². The molecule has 102 valence electrons. The van der Waals surface area contributed by atoms with Crippen LogP contribution in [0, 0.1) is 0 Å². The van der Waals surface area contributed by atoms with Crippen LogP contribution in [0.1, 0.15) is 18.2 Å². The van der Waals surface area contributed by atoms with Crippen LogP contribution in [-0.2, 0) is 23.1 Å². The van der Waals surface area contributed by atoms with Gasteiger partial charge in [-0.3, -0.25) is 4.72 Å². The molecule has 0 amide bonds. The molecule has 0 aliphatic rings. The minimum Gasteiger partial charge on any atom is -0.390 e. The molecule has 19 heavy (non-hydrogen) atoms. The zero-order valence-corrected chi connectivity index (χ0v) is 11.4. The summed E-state index contributed by atoms with van der Waals surface area (Å²) in [4.78, 5) is 2.82. The molecular weight excluding hydrogens is 264 g/mol. The summed E-state index contributed by atoms with van der Waals surface area (Å²) in [5.74, 6) is 0. The first-order valence-electron chi connectivity index (χ1n) is 5.95. The Morgan fingerprint density at radius 1 is 1.32 bits per heavy atom. The second kappa shape index (κ2) is 5.46. The van der Waals surface area contributed by atoms with Crippen molar-refractivity contribution in [3.63, 3.8) is 0 Å². The highest BCUT2D eigenvalue weighted by Crippen LogP contribution is 2.20. The number of aromatic nitrogens is 1. The van der Waals surface area contributed by atoms with Crippen molar-refractivity contribution in [2.75, 3.05) is 4.72 Å². The van der Waals surface area contributed by atoms with Crippen molar-refractivity contribution < 1.29 is 13.5 Å². The van der Waals surface area contributed by atoms with Crippen LogP contribution in [0.25, 0.3) is 0 Å². The molecular formula is C13H16N2O3S. The molecule has 0 bridgehead atoms. The summed E-state index contributed by atoms with van der Waals surface area (Å²) in [6, 6.07) is 8.69. The SMILES string of the molecule is CCc1ccccc1NS(=O)(=O)c1c[nH]c(CO)c1. The summed E-state index contributed by atoms with van der Waals surface area (Å²) >= 11 is 0. The number of aliphatic hydroxyl groups excluding tert-OH is 1. The monoisotopic (exact) mass is 280 g/mol. The van der Waals surface area contributed by atoms with Gasteiger partial charge in [0, 0.05) is 11.9 Å². The van der Waals surface area contributed by atoms with Crippen LogP contribution in [0.3, 0.4) is 0 Å². The van der Waals surface area contributed by atoms with Gasteiger partial charge in [-0.1, -0.05) is 25.1 Å². The Bertz CT molecular complexity index is 662. The molecule has 0 fully saturated rings. The van der Waals surface area contributed by atoms with Crippen molar-refractivity contribution in [1.82, 2.24) is 4.98 Å². The van der Waals surface area contributed by atoms with Crippen molar-refractivity contribution in [1.29, 1.82) is 0 Å². The molecule has 0 spiro atoms. The van der Waals surface area contributed by atoms with Crippen LogP contribution in [-0.4, -0.2) is 18.5 Å². The summed E-state index contributed by atoms with van der Waals surface area (Å²) in [7, 11) is -3.63. The maximum atomic E-state index is 12.2. The molecule has 0 atom stereocenters. The lowest BCUT2D eigenvalue weighted by molar-refractivity contribution is 0.277. The number of aryl methyl sites for hydroxylation is 1. The summed E-state index contributed by atoms with van der Waals surface area (Å²) in [5.41, 5.74) is 1.98. The first kappa shape index (κ1) is 13.6. The van der Waals surface area contributed by atoms with E-state index in [0.29, 0.717) is 11.4 Å². The average Bonchev–Trinajstić information content (AvgIpc) is 2.88. The molecule has 0 radical (unpaired) electrons. The quantitative estimate of drug-likeness (QED) is 0.782. The Balaban J connectivity index is 2.31. The third kappa shape index (κ3) is 2.97. The molecule has 2 rings (SSSR count). The molecule has 0 aliphatic carbocycles. The molecule has 2 aromatic rings. The number of para-hydroxylation sites is 1. The molecule has 0 saturated carbocycles. The molecule has 3 N–H and O–H groups in total. The lowest BCUT2D eigenvalue weighted by atomic mass is 10.1.